The monoisotopic (exact) mass is 198 g/mol. The second-order valence-electron chi connectivity index (χ2n) is 1.68. The maximum atomic E-state index is 10.4. The van der Waals surface area contributed by atoms with Gasteiger partial charge in [0.2, 0.25) is 10.0 Å². The van der Waals surface area contributed by atoms with Crippen LogP contribution in [0.3, 0.4) is 0 Å². The van der Waals surface area contributed by atoms with Crippen molar-refractivity contribution < 1.29 is 13.2 Å². The van der Waals surface area contributed by atoms with Crippen LogP contribution in [0.25, 0.3) is 0 Å². The van der Waals surface area contributed by atoms with Crippen LogP contribution in [0.15, 0.2) is 0 Å². The Morgan fingerprint density at radius 3 is 2.73 bits per heavy atom. The molecule has 0 aromatic heterocycles. The lowest BCUT2D eigenvalue weighted by Gasteiger charge is -2.07. The van der Waals surface area contributed by atoms with Crippen LogP contribution in [0.2, 0.25) is 0 Å². The maximum absolute atomic E-state index is 10.4. The van der Waals surface area contributed by atoms with E-state index in [0.717, 1.165) is 6.26 Å². The second kappa shape index (κ2) is 4.51. The van der Waals surface area contributed by atoms with Gasteiger partial charge in [0, 0.05) is 0 Å². The number of nitrogens with one attached hydrogen (secondary N) is 1. The highest BCUT2D eigenvalue weighted by Gasteiger charge is 2.09. The highest BCUT2D eigenvalue weighted by molar-refractivity contribution is 7.88. The summed E-state index contributed by atoms with van der Waals surface area (Å²) in [4.78, 5) is 0. The summed E-state index contributed by atoms with van der Waals surface area (Å²) in [6.07, 6.45) is 0.943. The minimum absolute atomic E-state index is 0.253. The average molecular weight is 199 g/mol. The molecule has 0 saturated carbocycles. The summed E-state index contributed by atoms with van der Waals surface area (Å²) in [6.45, 7) is -0.253. The number of halogens is 1. The van der Waals surface area contributed by atoms with Gasteiger partial charge in [0.1, 0.15) is 6.61 Å². The van der Waals surface area contributed by atoms with Crippen molar-refractivity contribution in [1.29, 1.82) is 5.26 Å². The molecule has 0 aliphatic heterocycles. The molecule has 5 nitrogen and oxygen atoms in total. The first-order valence-electron chi connectivity index (χ1n) is 2.55. The Bertz CT molecular complexity index is 245. The van der Waals surface area contributed by atoms with Gasteiger partial charge in [-0.3, -0.25) is 0 Å². The molecule has 0 saturated heterocycles. The second-order valence-corrected chi connectivity index (χ2v) is 3.85. The summed E-state index contributed by atoms with van der Waals surface area (Å²) in [5.41, 5.74) is -1.18. The SMILES string of the molecule is CS(=O)(=O)NC(Cl)OCC#N. The van der Waals surface area contributed by atoms with Crippen LogP contribution in [-0.4, -0.2) is 27.0 Å². The Morgan fingerprint density at radius 1 is 1.82 bits per heavy atom. The third-order valence-corrected chi connectivity index (χ3v) is 1.61. The predicted molar refractivity (Wildman–Crippen MR) is 39.2 cm³/mol. The Hall–Kier alpha value is -0.350. The smallest absolute Gasteiger partial charge is 0.211 e. The zero-order chi connectivity index (χ0) is 8.91. The van der Waals surface area contributed by atoms with Crippen molar-refractivity contribution in [3.8, 4) is 6.07 Å². The number of nitriles is 1. The van der Waals surface area contributed by atoms with Crippen molar-refractivity contribution in [3.05, 3.63) is 0 Å². The molecule has 0 bridgehead atoms. The lowest BCUT2D eigenvalue weighted by atomic mass is 10.8. The fourth-order valence-electron chi connectivity index (χ4n) is 0.313. The first-order chi connectivity index (χ1) is 4.95. The van der Waals surface area contributed by atoms with Gasteiger partial charge in [-0.25, -0.2) is 8.42 Å². The number of rotatable bonds is 4. The third kappa shape index (κ3) is 7.55. The van der Waals surface area contributed by atoms with Crippen molar-refractivity contribution in [1.82, 2.24) is 4.72 Å². The Morgan fingerprint density at radius 2 is 2.36 bits per heavy atom. The van der Waals surface area contributed by atoms with E-state index in [2.05, 4.69) is 4.74 Å². The van der Waals surface area contributed by atoms with Crippen LogP contribution < -0.4 is 4.72 Å². The molecule has 0 aromatic carbocycles. The van der Waals surface area contributed by atoms with E-state index in [0.29, 0.717) is 0 Å². The van der Waals surface area contributed by atoms with Gasteiger partial charge in [0.15, 0.2) is 5.69 Å². The molecular weight excluding hydrogens is 192 g/mol. The molecule has 64 valence electrons. The fraction of sp³-hybridized carbons (Fsp3) is 0.750. The van der Waals surface area contributed by atoms with Gasteiger partial charge in [0.25, 0.3) is 0 Å². The zero-order valence-electron chi connectivity index (χ0n) is 5.74. The predicted octanol–water partition coefficient (Wildman–Crippen LogP) is -0.402. The fourth-order valence-corrected chi connectivity index (χ4v) is 1.27. The molecule has 0 rings (SSSR count). The van der Waals surface area contributed by atoms with E-state index in [4.69, 9.17) is 16.9 Å². The molecule has 1 N–H and O–H groups in total. The average Bonchev–Trinajstić information content (AvgIpc) is 1.79. The Kier molecular flexibility index (Phi) is 4.37. The molecule has 1 unspecified atom stereocenters. The van der Waals surface area contributed by atoms with Gasteiger partial charge in [-0.05, 0) is 0 Å². The van der Waals surface area contributed by atoms with Crippen molar-refractivity contribution in [2.24, 2.45) is 0 Å². The third-order valence-electron chi connectivity index (χ3n) is 0.601. The molecule has 11 heavy (non-hydrogen) atoms. The summed E-state index contributed by atoms with van der Waals surface area (Å²) >= 11 is 5.28. The Balaban J connectivity index is 3.72. The minimum atomic E-state index is -3.37. The van der Waals surface area contributed by atoms with E-state index in [1.807, 2.05) is 4.72 Å². The van der Waals surface area contributed by atoms with Crippen molar-refractivity contribution in [2.75, 3.05) is 12.9 Å². The van der Waals surface area contributed by atoms with Crippen LogP contribution >= 0.6 is 11.6 Å². The minimum Gasteiger partial charge on any atom is -0.333 e. The number of sulfonamides is 1. The highest BCUT2D eigenvalue weighted by Crippen LogP contribution is 1.94. The standard InChI is InChI=1S/C4H7ClN2O3S/c1-11(8,9)7-4(5)10-3-2-6/h4,7H,3H2,1H3. The normalized spacial score (nSPS) is 13.9. The number of hydrogen-bond donors (Lipinski definition) is 1. The van der Waals surface area contributed by atoms with E-state index >= 15 is 0 Å². The molecule has 0 amide bonds. The van der Waals surface area contributed by atoms with Gasteiger partial charge in [-0.15, -0.1) is 0 Å². The van der Waals surface area contributed by atoms with E-state index in [1.165, 1.54) is 0 Å². The summed E-state index contributed by atoms with van der Waals surface area (Å²) in [5.74, 6) is 0. The van der Waals surface area contributed by atoms with Crippen molar-refractivity contribution in [3.63, 3.8) is 0 Å². The van der Waals surface area contributed by atoms with Gasteiger partial charge in [-0.2, -0.15) is 9.98 Å². The van der Waals surface area contributed by atoms with Gasteiger partial charge in [0.05, 0.1) is 12.3 Å². The summed E-state index contributed by atoms with van der Waals surface area (Å²) < 4.78 is 27.3. The summed E-state index contributed by atoms with van der Waals surface area (Å²) in [5, 5.41) is 8.00. The van der Waals surface area contributed by atoms with Gasteiger partial charge >= 0.3 is 0 Å². The highest BCUT2D eigenvalue weighted by atomic mass is 35.5. The molecule has 1 atom stereocenters. The van der Waals surface area contributed by atoms with Crippen LogP contribution in [-0.2, 0) is 14.8 Å². The molecule has 0 radical (unpaired) electrons. The van der Waals surface area contributed by atoms with E-state index in [1.54, 1.807) is 6.07 Å². The molecular formula is C4H7ClN2O3S. The molecule has 0 aliphatic carbocycles. The number of ether oxygens (including phenoxy) is 1. The first-order valence-corrected chi connectivity index (χ1v) is 4.88. The number of alkyl halides is 1. The molecule has 0 aromatic rings. The van der Waals surface area contributed by atoms with E-state index in [9.17, 15) is 8.42 Å². The van der Waals surface area contributed by atoms with Gasteiger partial charge < -0.3 is 4.74 Å². The summed E-state index contributed by atoms with van der Waals surface area (Å²) in [7, 11) is -3.37. The van der Waals surface area contributed by atoms with Crippen molar-refractivity contribution in [2.45, 2.75) is 5.69 Å². The largest absolute Gasteiger partial charge is 0.333 e. The lowest BCUT2D eigenvalue weighted by Crippen LogP contribution is -2.31. The van der Waals surface area contributed by atoms with Crippen LogP contribution in [0.5, 0.6) is 0 Å². The van der Waals surface area contributed by atoms with E-state index < -0.39 is 15.7 Å². The Labute approximate surface area is 70.0 Å². The quantitative estimate of drug-likeness (QED) is 0.379. The molecule has 0 fully saturated rings. The van der Waals surface area contributed by atoms with Crippen LogP contribution in [0.1, 0.15) is 0 Å². The lowest BCUT2D eigenvalue weighted by molar-refractivity contribution is 0.129. The first kappa shape index (κ1) is 10.7. The summed E-state index contributed by atoms with van der Waals surface area (Å²) in [6, 6.07) is 1.64. The van der Waals surface area contributed by atoms with Crippen LogP contribution in [0.4, 0.5) is 0 Å². The maximum Gasteiger partial charge on any atom is 0.211 e. The van der Waals surface area contributed by atoms with Gasteiger partial charge in [-0.1, -0.05) is 11.6 Å². The topological polar surface area (TPSA) is 79.2 Å². The number of nitrogens with zero attached hydrogens (tertiary/aromatic N) is 1. The van der Waals surface area contributed by atoms with Crippen molar-refractivity contribution >= 4 is 21.6 Å². The molecule has 0 heterocycles. The molecule has 0 aliphatic rings. The zero-order valence-corrected chi connectivity index (χ0v) is 7.32. The number of hydrogen-bond acceptors (Lipinski definition) is 4. The van der Waals surface area contributed by atoms with E-state index in [-0.39, 0.29) is 6.61 Å². The van der Waals surface area contributed by atoms with Crippen LogP contribution in [0, 0.1) is 11.3 Å². The molecule has 7 heteroatoms. The molecule has 0 spiro atoms.